The molecule has 1 unspecified atom stereocenters. The largest absolute Gasteiger partial charge is 0.394 e. The average molecular weight is 237 g/mol. The van der Waals surface area contributed by atoms with Crippen LogP contribution in [-0.4, -0.2) is 37.4 Å². The van der Waals surface area contributed by atoms with Crippen LogP contribution in [0.25, 0.3) is 0 Å². The maximum Gasteiger partial charge on any atom is 0.251 e. The van der Waals surface area contributed by atoms with Crippen LogP contribution < -0.4 is 5.32 Å². The summed E-state index contributed by atoms with van der Waals surface area (Å²) in [6.07, 6.45) is 0.949. The fourth-order valence-corrected chi connectivity index (χ4v) is 1.50. The Labute approximate surface area is 102 Å². The van der Waals surface area contributed by atoms with Gasteiger partial charge in [0, 0.05) is 12.7 Å². The van der Waals surface area contributed by atoms with Gasteiger partial charge in [-0.1, -0.05) is 19.1 Å². The van der Waals surface area contributed by atoms with Crippen molar-refractivity contribution >= 4 is 5.91 Å². The molecule has 94 valence electrons. The third-order valence-electron chi connectivity index (χ3n) is 2.55. The van der Waals surface area contributed by atoms with E-state index in [-0.39, 0.29) is 18.6 Å². The van der Waals surface area contributed by atoms with Gasteiger partial charge in [-0.05, 0) is 24.1 Å². The monoisotopic (exact) mass is 237 g/mol. The summed E-state index contributed by atoms with van der Waals surface area (Å²) in [5.74, 6) is -0.191. The second kappa shape index (κ2) is 7.04. The highest BCUT2D eigenvalue weighted by atomic mass is 16.5. The first-order valence-corrected chi connectivity index (χ1v) is 5.70. The van der Waals surface area contributed by atoms with E-state index in [0.717, 1.165) is 6.42 Å². The van der Waals surface area contributed by atoms with Gasteiger partial charge in [-0.15, -0.1) is 0 Å². The summed E-state index contributed by atoms with van der Waals surface area (Å²) in [6.45, 7) is 2.23. The Morgan fingerprint density at radius 3 is 2.53 bits per heavy atom. The lowest BCUT2D eigenvalue weighted by Crippen LogP contribution is -2.40. The van der Waals surface area contributed by atoms with Gasteiger partial charge < -0.3 is 15.2 Å². The number of aliphatic hydroxyl groups excluding tert-OH is 1. The molecule has 0 radical (unpaired) electrons. The van der Waals surface area contributed by atoms with Crippen LogP contribution in [0, 0.1) is 0 Å². The molecule has 0 aliphatic rings. The van der Waals surface area contributed by atoms with Gasteiger partial charge in [-0.3, -0.25) is 4.79 Å². The Bertz CT molecular complexity index is 348. The Morgan fingerprint density at radius 2 is 2.06 bits per heavy atom. The summed E-state index contributed by atoms with van der Waals surface area (Å²) >= 11 is 0. The molecule has 0 bridgehead atoms. The summed E-state index contributed by atoms with van der Waals surface area (Å²) in [7, 11) is 1.53. The minimum absolute atomic E-state index is 0.132. The molecule has 4 nitrogen and oxygen atoms in total. The normalized spacial score (nSPS) is 12.2. The molecule has 1 amide bonds. The van der Waals surface area contributed by atoms with Gasteiger partial charge >= 0.3 is 0 Å². The van der Waals surface area contributed by atoms with Gasteiger partial charge in [0.1, 0.15) is 0 Å². The topological polar surface area (TPSA) is 58.6 Å². The lowest BCUT2D eigenvalue weighted by molar-refractivity contribution is 0.0839. The first-order chi connectivity index (χ1) is 8.21. The van der Waals surface area contributed by atoms with Crippen molar-refractivity contribution in [2.75, 3.05) is 20.3 Å². The Balaban J connectivity index is 2.62. The molecule has 1 rings (SSSR count). The van der Waals surface area contributed by atoms with E-state index in [0.29, 0.717) is 12.2 Å². The summed E-state index contributed by atoms with van der Waals surface area (Å²) in [4.78, 5) is 11.8. The Hall–Kier alpha value is -1.39. The van der Waals surface area contributed by atoms with E-state index in [9.17, 15) is 4.79 Å². The predicted octanol–water partition coefficient (Wildman–Crippen LogP) is 0.986. The third kappa shape index (κ3) is 4.17. The van der Waals surface area contributed by atoms with E-state index >= 15 is 0 Å². The van der Waals surface area contributed by atoms with E-state index in [1.54, 1.807) is 12.1 Å². The first kappa shape index (κ1) is 13.7. The number of aliphatic hydroxyl groups is 1. The second-order valence-electron chi connectivity index (χ2n) is 3.86. The van der Waals surface area contributed by atoms with Gasteiger partial charge in [0.05, 0.1) is 19.3 Å². The zero-order valence-electron chi connectivity index (χ0n) is 10.3. The number of hydrogen-bond donors (Lipinski definition) is 2. The van der Waals surface area contributed by atoms with Gasteiger partial charge in [0.2, 0.25) is 0 Å². The van der Waals surface area contributed by atoms with Crippen molar-refractivity contribution in [1.29, 1.82) is 0 Å². The molecule has 1 aromatic rings. The SMILES string of the molecule is CCc1ccc(C(=O)NC(CO)COC)cc1. The number of methoxy groups -OCH3 is 1. The molecule has 2 N–H and O–H groups in total. The number of ether oxygens (including phenoxy) is 1. The third-order valence-corrected chi connectivity index (χ3v) is 2.55. The molecule has 0 aromatic heterocycles. The van der Waals surface area contributed by atoms with Crippen molar-refractivity contribution in [3.63, 3.8) is 0 Å². The molecule has 1 aromatic carbocycles. The van der Waals surface area contributed by atoms with Crippen LogP contribution in [0.3, 0.4) is 0 Å². The van der Waals surface area contributed by atoms with Crippen LogP contribution in [0.2, 0.25) is 0 Å². The molecule has 4 heteroatoms. The minimum atomic E-state index is -0.363. The lowest BCUT2D eigenvalue weighted by Gasteiger charge is -2.15. The molecule has 0 spiro atoms. The maximum absolute atomic E-state index is 11.8. The fourth-order valence-electron chi connectivity index (χ4n) is 1.50. The number of carbonyl (C=O) groups excluding carboxylic acids is 1. The van der Waals surface area contributed by atoms with E-state index in [2.05, 4.69) is 12.2 Å². The molecular weight excluding hydrogens is 218 g/mol. The number of benzene rings is 1. The number of carbonyl (C=O) groups is 1. The molecule has 0 saturated carbocycles. The molecule has 17 heavy (non-hydrogen) atoms. The van der Waals surface area contributed by atoms with Crippen molar-refractivity contribution in [2.24, 2.45) is 0 Å². The van der Waals surface area contributed by atoms with Gasteiger partial charge in [-0.2, -0.15) is 0 Å². The molecule has 1 atom stereocenters. The molecule has 0 saturated heterocycles. The summed E-state index contributed by atoms with van der Waals surface area (Å²) < 4.78 is 4.89. The van der Waals surface area contributed by atoms with Gasteiger partial charge in [0.15, 0.2) is 0 Å². The van der Waals surface area contributed by atoms with Crippen LogP contribution in [0.15, 0.2) is 24.3 Å². The highest BCUT2D eigenvalue weighted by Crippen LogP contribution is 2.05. The van der Waals surface area contributed by atoms with Crippen LogP contribution in [-0.2, 0) is 11.2 Å². The lowest BCUT2D eigenvalue weighted by atomic mass is 10.1. The van der Waals surface area contributed by atoms with Crippen molar-refractivity contribution in [3.05, 3.63) is 35.4 Å². The number of nitrogens with one attached hydrogen (secondary N) is 1. The van der Waals surface area contributed by atoms with Crippen LogP contribution in [0.4, 0.5) is 0 Å². The fraction of sp³-hybridized carbons (Fsp3) is 0.462. The molecule has 0 aliphatic heterocycles. The van der Waals surface area contributed by atoms with E-state index in [1.165, 1.54) is 12.7 Å². The number of hydrogen-bond acceptors (Lipinski definition) is 3. The predicted molar refractivity (Wildman–Crippen MR) is 66.0 cm³/mol. The van der Waals surface area contributed by atoms with Gasteiger partial charge in [-0.25, -0.2) is 0 Å². The van der Waals surface area contributed by atoms with Crippen molar-refractivity contribution in [1.82, 2.24) is 5.32 Å². The van der Waals surface area contributed by atoms with Crippen LogP contribution in [0.1, 0.15) is 22.8 Å². The second-order valence-corrected chi connectivity index (χ2v) is 3.86. The quantitative estimate of drug-likeness (QED) is 0.775. The highest BCUT2D eigenvalue weighted by molar-refractivity contribution is 5.94. The zero-order valence-corrected chi connectivity index (χ0v) is 10.3. The number of amides is 1. The minimum Gasteiger partial charge on any atom is -0.394 e. The molecule has 0 heterocycles. The maximum atomic E-state index is 11.8. The number of rotatable bonds is 6. The molecule has 0 aliphatic carbocycles. The zero-order chi connectivity index (χ0) is 12.7. The van der Waals surface area contributed by atoms with E-state index in [4.69, 9.17) is 9.84 Å². The van der Waals surface area contributed by atoms with Gasteiger partial charge in [0.25, 0.3) is 5.91 Å². The highest BCUT2D eigenvalue weighted by Gasteiger charge is 2.12. The van der Waals surface area contributed by atoms with Crippen LogP contribution in [0.5, 0.6) is 0 Å². The smallest absolute Gasteiger partial charge is 0.251 e. The Kier molecular flexibility index (Phi) is 5.66. The first-order valence-electron chi connectivity index (χ1n) is 5.70. The molecule has 0 fully saturated rings. The van der Waals surface area contributed by atoms with Crippen molar-refractivity contribution in [3.8, 4) is 0 Å². The average Bonchev–Trinajstić information content (AvgIpc) is 2.38. The van der Waals surface area contributed by atoms with E-state index in [1.807, 2.05) is 12.1 Å². The van der Waals surface area contributed by atoms with Crippen molar-refractivity contribution < 1.29 is 14.6 Å². The summed E-state index contributed by atoms with van der Waals surface area (Å²) in [6, 6.07) is 7.07. The standard InChI is InChI=1S/C13H19NO3/c1-3-10-4-6-11(7-5-10)13(16)14-12(8-15)9-17-2/h4-7,12,15H,3,8-9H2,1-2H3,(H,14,16). The Morgan fingerprint density at radius 1 is 1.41 bits per heavy atom. The van der Waals surface area contributed by atoms with Crippen molar-refractivity contribution in [2.45, 2.75) is 19.4 Å². The summed E-state index contributed by atoms with van der Waals surface area (Å²) in [5, 5.41) is 11.7. The number of aryl methyl sites for hydroxylation is 1. The molecular formula is C13H19NO3. The van der Waals surface area contributed by atoms with Crippen LogP contribution >= 0.6 is 0 Å². The van der Waals surface area contributed by atoms with E-state index < -0.39 is 0 Å². The summed E-state index contributed by atoms with van der Waals surface area (Å²) in [5.41, 5.74) is 1.79.